The van der Waals surface area contributed by atoms with Gasteiger partial charge in [-0.1, -0.05) is 53.4 Å². The second kappa shape index (κ2) is 14.8. The van der Waals surface area contributed by atoms with E-state index >= 15 is 0 Å². The number of hydrogen-bond acceptors (Lipinski definition) is 3. The van der Waals surface area contributed by atoms with Crippen molar-refractivity contribution in [2.45, 2.75) is 85.1 Å². The number of rotatable bonds is 7. The van der Waals surface area contributed by atoms with Crippen LogP contribution in [-0.4, -0.2) is 72.5 Å². The van der Waals surface area contributed by atoms with E-state index in [1.807, 2.05) is 0 Å². The highest BCUT2D eigenvalue weighted by atomic mass is 35.6. The Hall–Kier alpha value is -1.93. The Labute approximate surface area is 299 Å². The molecule has 0 aromatic heterocycles. The van der Waals surface area contributed by atoms with Crippen molar-refractivity contribution >= 4 is 40.7 Å². The molecule has 0 aliphatic carbocycles. The SMILES string of the molecule is O=C(Cc1cc(C(F)(F)F)cc(C(F)(F)F)c1)N1CCC(CCN2CCC(N3CCCCC3)CC2)(c2ccc(C(Cl)(Cl)Cl)c(C(F)(F)F)c2)C1. The third kappa shape index (κ3) is 9.35. The first-order valence-corrected chi connectivity index (χ1v) is 17.6. The van der Waals surface area contributed by atoms with Gasteiger partial charge in [-0.3, -0.25) is 4.79 Å². The number of hydrogen-bond donors (Lipinski definition) is 0. The number of halogens is 12. The monoisotopic (exact) mass is 779 g/mol. The van der Waals surface area contributed by atoms with Crippen molar-refractivity contribution in [3.63, 3.8) is 0 Å². The van der Waals surface area contributed by atoms with E-state index in [9.17, 15) is 44.3 Å². The second-order valence-electron chi connectivity index (χ2n) is 13.6. The maximum atomic E-state index is 14.3. The van der Waals surface area contributed by atoms with Crippen LogP contribution in [-0.2, 0) is 39.0 Å². The van der Waals surface area contributed by atoms with Crippen molar-refractivity contribution in [2.75, 3.05) is 45.8 Å². The molecule has 0 spiro atoms. The molecule has 4 nitrogen and oxygen atoms in total. The normalized spacial score (nSPS) is 22.4. The molecule has 1 unspecified atom stereocenters. The van der Waals surface area contributed by atoms with Crippen LogP contribution in [0.25, 0.3) is 0 Å². The number of nitrogens with zero attached hydrogens (tertiary/aromatic N) is 3. The molecule has 50 heavy (non-hydrogen) atoms. The highest BCUT2D eigenvalue weighted by molar-refractivity contribution is 6.66. The summed E-state index contributed by atoms with van der Waals surface area (Å²) in [6, 6.07) is 4.94. The van der Waals surface area contributed by atoms with Gasteiger partial charge in [0.25, 0.3) is 0 Å². The number of alkyl halides is 12. The minimum atomic E-state index is -5.08. The third-order valence-corrected chi connectivity index (χ3v) is 10.9. The van der Waals surface area contributed by atoms with Crippen molar-refractivity contribution in [1.82, 2.24) is 14.7 Å². The molecule has 3 saturated heterocycles. The number of benzene rings is 2. The van der Waals surface area contributed by atoms with Gasteiger partial charge in [-0.05, 0) is 107 Å². The largest absolute Gasteiger partial charge is 0.416 e. The van der Waals surface area contributed by atoms with E-state index in [2.05, 4.69) is 9.80 Å². The van der Waals surface area contributed by atoms with E-state index in [4.69, 9.17) is 34.8 Å². The predicted octanol–water partition coefficient (Wildman–Crippen LogP) is 9.62. The molecule has 0 saturated carbocycles. The number of amides is 1. The van der Waals surface area contributed by atoms with Gasteiger partial charge in [-0.2, -0.15) is 39.5 Å². The van der Waals surface area contributed by atoms with Gasteiger partial charge in [0.05, 0.1) is 23.1 Å². The molecule has 0 bridgehead atoms. The summed E-state index contributed by atoms with van der Waals surface area (Å²) >= 11 is 17.7. The van der Waals surface area contributed by atoms with Gasteiger partial charge in [-0.15, -0.1) is 0 Å². The zero-order valence-corrected chi connectivity index (χ0v) is 29.2. The summed E-state index contributed by atoms with van der Waals surface area (Å²) in [7, 11) is 0. The molecule has 16 heteroatoms. The standard InChI is InChI=1S/C34H37Cl3F9N3O/c35-31(36,37)27-5-4-23(20-28(27)34(44,45)46)30(8-14-47-12-6-26(7-13-47)48-10-2-1-3-11-48)9-15-49(21-30)29(50)18-22-16-24(32(38,39)40)19-25(17-22)33(41,42)43/h4-5,16-17,19-20,26H,1-3,6-15,18,21H2. The number of piperidine rings is 2. The van der Waals surface area contributed by atoms with Crippen LogP contribution in [0.15, 0.2) is 36.4 Å². The first kappa shape index (κ1) is 39.3. The van der Waals surface area contributed by atoms with Gasteiger partial charge in [0.1, 0.15) is 0 Å². The van der Waals surface area contributed by atoms with E-state index in [0.29, 0.717) is 31.1 Å². The lowest BCUT2D eigenvalue weighted by Gasteiger charge is -2.41. The Balaban J connectivity index is 1.40. The van der Waals surface area contributed by atoms with E-state index in [1.54, 1.807) is 0 Å². The van der Waals surface area contributed by atoms with Crippen LogP contribution >= 0.6 is 34.8 Å². The Morgan fingerprint density at radius 2 is 1.34 bits per heavy atom. The van der Waals surface area contributed by atoms with Crippen LogP contribution < -0.4 is 0 Å². The predicted molar refractivity (Wildman–Crippen MR) is 173 cm³/mol. The number of carbonyl (C=O) groups excluding carboxylic acids is 1. The minimum absolute atomic E-state index is 0.0106. The summed E-state index contributed by atoms with van der Waals surface area (Å²) in [6.45, 7) is 4.17. The van der Waals surface area contributed by atoms with Crippen LogP contribution in [0.4, 0.5) is 39.5 Å². The molecule has 0 radical (unpaired) electrons. The highest BCUT2D eigenvalue weighted by Crippen LogP contribution is 2.48. The van der Waals surface area contributed by atoms with Crippen LogP contribution in [0.5, 0.6) is 0 Å². The quantitative estimate of drug-likeness (QED) is 0.207. The van der Waals surface area contributed by atoms with E-state index in [0.717, 1.165) is 51.2 Å². The lowest BCUT2D eigenvalue weighted by molar-refractivity contribution is -0.143. The molecule has 0 N–H and O–H groups in total. The Morgan fingerprint density at radius 3 is 1.88 bits per heavy atom. The molecule has 2 aromatic carbocycles. The van der Waals surface area contributed by atoms with Gasteiger partial charge in [0.15, 0.2) is 0 Å². The van der Waals surface area contributed by atoms with Crippen LogP contribution in [0.1, 0.15) is 78.3 Å². The summed E-state index contributed by atoms with van der Waals surface area (Å²) in [6.07, 6.45) is -9.79. The van der Waals surface area contributed by atoms with Gasteiger partial charge >= 0.3 is 18.5 Å². The summed E-state index contributed by atoms with van der Waals surface area (Å²) in [5, 5.41) is 0. The molecule has 1 amide bonds. The Morgan fingerprint density at radius 1 is 0.740 bits per heavy atom. The van der Waals surface area contributed by atoms with Crippen LogP contribution in [0.2, 0.25) is 0 Å². The molecule has 5 rings (SSSR count). The van der Waals surface area contributed by atoms with Gasteiger partial charge < -0.3 is 14.7 Å². The van der Waals surface area contributed by atoms with Gasteiger partial charge in [0.2, 0.25) is 9.70 Å². The van der Waals surface area contributed by atoms with Crippen molar-refractivity contribution < 1.29 is 44.3 Å². The van der Waals surface area contributed by atoms with Crippen molar-refractivity contribution in [3.05, 3.63) is 69.8 Å². The van der Waals surface area contributed by atoms with Crippen molar-refractivity contribution in [2.24, 2.45) is 0 Å². The number of carbonyl (C=O) groups is 1. The topological polar surface area (TPSA) is 26.8 Å². The molecule has 2 aromatic rings. The highest BCUT2D eigenvalue weighted by Gasteiger charge is 2.46. The molecule has 3 fully saturated rings. The molecule has 3 aliphatic rings. The fourth-order valence-electron chi connectivity index (χ4n) is 7.60. The second-order valence-corrected chi connectivity index (χ2v) is 15.9. The number of likely N-dealkylation sites (tertiary alicyclic amines) is 3. The van der Waals surface area contributed by atoms with Crippen LogP contribution in [0, 0.1) is 0 Å². The molecule has 278 valence electrons. The van der Waals surface area contributed by atoms with Gasteiger partial charge in [0, 0.05) is 30.1 Å². The molecular weight excluding hydrogens is 744 g/mol. The average molecular weight is 781 g/mol. The summed E-state index contributed by atoms with van der Waals surface area (Å²) in [5.41, 5.74) is -6.03. The Kier molecular flexibility index (Phi) is 11.7. The maximum absolute atomic E-state index is 14.3. The van der Waals surface area contributed by atoms with Crippen LogP contribution in [0.3, 0.4) is 0 Å². The van der Waals surface area contributed by atoms with E-state index < -0.39 is 67.9 Å². The first-order valence-electron chi connectivity index (χ1n) is 16.5. The summed E-state index contributed by atoms with van der Waals surface area (Å²) in [5.74, 6) is -0.740. The third-order valence-electron chi connectivity index (χ3n) is 10.3. The fourth-order valence-corrected chi connectivity index (χ4v) is 8.09. The molecule has 3 aliphatic heterocycles. The summed E-state index contributed by atoms with van der Waals surface area (Å²) in [4.78, 5) is 19.5. The zero-order valence-electron chi connectivity index (χ0n) is 26.9. The molecule has 1 atom stereocenters. The Bertz CT molecular complexity index is 1480. The van der Waals surface area contributed by atoms with E-state index in [1.165, 1.54) is 30.2 Å². The minimum Gasteiger partial charge on any atom is -0.341 e. The fraction of sp³-hybridized carbons (Fsp3) is 0.618. The average Bonchev–Trinajstić information content (AvgIpc) is 3.48. The van der Waals surface area contributed by atoms with Gasteiger partial charge in [-0.25, -0.2) is 0 Å². The first-order chi connectivity index (χ1) is 23.2. The van der Waals surface area contributed by atoms with E-state index in [-0.39, 0.29) is 31.1 Å². The smallest absolute Gasteiger partial charge is 0.341 e. The maximum Gasteiger partial charge on any atom is 0.416 e. The van der Waals surface area contributed by atoms with Crippen molar-refractivity contribution in [3.8, 4) is 0 Å². The molecule has 3 heterocycles. The van der Waals surface area contributed by atoms with Crippen molar-refractivity contribution in [1.29, 1.82) is 0 Å². The zero-order chi connectivity index (χ0) is 36.7. The lowest BCUT2D eigenvalue weighted by Crippen LogP contribution is -2.47. The lowest BCUT2D eigenvalue weighted by atomic mass is 9.75. The summed E-state index contributed by atoms with van der Waals surface area (Å²) < 4.78 is 121. The molecular formula is C34H37Cl3F9N3O.